The third-order valence-corrected chi connectivity index (χ3v) is 3.31. The second kappa shape index (κ2) is 7.19. The lowest BCUT2D eigenvalue weighted by molar-refractivity contribution is -0.139. The van der Waals surface area contributed by atoms with Crippen molar-refractivity contribution in [1.29, 1.82) is 0 Å². The van der Waals surface area contributed by atoms with Crippen molar-refractivity contribution in [2.45, 2.75) is 37.7 Å². The summed E-state index contributed by atoms with van der Waals surface area (Å²) in [6.07, 6.45) is 3.73. The van der Waals surface area contributed by atoms with Crippen LogP contribution in [0.25, 0.3) is 0 Å². The van der Waals surface area contributed by atoms with Gasteiger partial charge in [-0.2, -0.15) is 0 Å². The van der Waals surface area contributed by atoms with Crippen LogP contribution in [-0.2, 0) is 20.7 Å². The molecule has 1 aliphatic rings. The largest absolute Gasteiger partial charge is 0.481 e. The number of nitrogens with one attached hydrogen (secondary N) is 1. The third-order valence-electron chi connectivity index (χ3n) is 3.31. The number of carboxylic acid groups (broad SMARTS) is 1. The molecule has 1 amide bonds. The average Bonchev–Trinajstić information content (AvgIpc) is 2.42. The van der Waals surface area contributed by atoms with Crippen molar-refractivity contribution in [3.8, 4) is 0 Å². The van der Waals surface area contributed by atoms with Crippen molar-refractivity contribution in [3.05, 3.63) is 30.1 Å². The molecule has 1 aliphatic heterocycles. The van der Waals surface area contributed by atoms with Crippen LogP contribution in [0, 0.1) is 0 Å². The maximum Gasteiger partial charge on any atom is 0.478 e. The Morgan fingerprint density at radius 3 is 2.90 bits per heavy atom. The first kappa shape index (κ1) is 15.5. The van der Waals surface area contributed by atoms with Gasteiger partial charge >= 0.3 is 13.1 Å². The van der Waals surface area contributed by atoms with Gasteiger partial charge in [-0.1, -0.05) is 6.07 Å². The van der Waals surface area contributed by atoms with E-state index in [0.717, 1.165) is 5.56 Å². The number of nitrogens with zero attached hydrogens (tertiary/aromatic N) is 1. The smallest absolute Gasteiger partial charge is 0.478 e. The Hall–Kier alpha value is -1.93. The first-order chi connectivity index (χ1) is 10.0. The summed E-state index contributed by atoms with van der Waals surface area (Å²) < 4.78 is 5.21. The summed E-state index contributed by atoms with van der Waals surface area (Å²) in [5.74, 6) is -1.71. The van der Waals surface area contributed by atoms with Crippen molar-refractivity contribution in [3.63, 3.8) is 0 Å². The summed E-state index contributed by atoms with van der Waals surface area (Å²) in [4.78, 5) is 26.4. The number of pyridine rings is 1. The van der Waals surface area contributed by atoms with Gasteiger partial charge in [0.25, 0.3) is 0 Å². The van der Waals surface area contributed by atoms with Crippen LogP contribution in [0.5, 0.6) is 0 Å². The average molecular weight is 292 g/mol. The van der Waals surface area contributed by atoms with Gasteiger partial charge in [0.15, 0.2) is 0 Å². The zero-order valence-electron chi connectivity index (χ0n) is 11.4. The molecular weight excluding hydrogens is 275 g/mol. The van der Waals surface area contributed by atoms with Crippen molar-refractivity contribution >= 4 is 19.0 Å². The summed E-state index contributed by atoms with van der Waals surface area (Å²) >= 11 is 0. The van der Waals surface area contributed by atoms with Crippen LogP contribution in [0.3, 0.4) is 0 Å². The number of rotatable bonds is 5. The zero-order chi connectivity index (χ0) is 15.2. The van der Waals surface area contributed by atoms with E-state index in [1.54, 1.807) is 24.5 Å². The van der Waals surface area contributed by atoms with Gasteiger partial charge in [-0.15, -0.1) is 0 Å². The normalized spacial score (nSPS) is 21.9. The highest BCUT2D eigenvalue weighted by Gasteiger charge is 2.36. The highest BCUT2D eigenvalue weighted by Crippen LogP contribution is 2.18. The SMILES string of the molecule is O=C(O)CC1CC[C@H](NC(=O)Cc2cccnc2)B(O)O1. The number of hydrogen-bond donors (Lipinski definition) is 3. The van der Waals surface area contributed by atoms with Gasteiger partial charge in [-0.3, -0.25) is 14.6 Å². The molecule has 21 heavy (non-hydrogen) atoms. The summed E-state index contributed by atoms with van der Waals surface area (Å²) in [5, 5.41) is 21.2. The van der Waals surface area contributed by atoms with Crippen LogP contribution in [0.2, 0.25) is 0 Å². The molecule has 0 radical (unpaired) electrons. The van der Waals surface area contributed by atoms with Gasteiger partial charge in [0.2, 0.25) is 5.91 Å². The summed E-state index contributed by atoms with van der Waals surface area (Å²) in [5.41, 5.74) is 0.782. The molecule has 112 valence electrons. The minimum atomic E-state index is -1.18. The van der Waals surface area contributed by atoms with Gasteiger partial charge in [-0.05, 0) is 24.5 Å². The van der Waals surface area contributed by atoms with E-state index in [-0.39, 0.29) is 18.7 Å². The van der Waals surface area contributed by atoms with E-state index >= 15 is 0 Å². The van der Waals surface area contributed by atoms with Crippen LogP contribution in [-0.4, -0.2) is 46.2 Å². The molecular formula is C13H17BN2O5. The number of hydrogen-bond acceptors (Lipinski definition) is 5. The Kier molecular flexibility index (Phi) is 5.29. The standard InChI is InChI=1S/C13H17BN2O5/c17-12(6-9-2-1-5-15-8-9)16-11-4-3-10(7-13(18)19)21-14(11)20/h1-2,5,8,10-11,20H,3-4,6-7H2,(H,16,17)(H,18,19)/t10?,11-/m0/s1. The number of carbonyl (C=O) groups is 2. The minimum absolute atomic E-state index is 0.145. The van der Waals surface area contributed by atoms with Gasteiger partial charge < -0.3 is 20.1 Å². The first-order valence-electron chi connectivity index (χ1n) is 6.78. The second-order valence-corrected chi connectivity index (χ2v) is 5.04. The quantitative estimate of drug-likeness (QED) is 0.647. The van der Waals surface area contributed by atoms with E-state index < -0.39 is 25.1 Å². The Bertz CT molecular complexity index is 499. The van der Waals surface area contributed by atoms with Gasteiger partial charge in [0.05, 0.1) is 24.9 Å². The van der Waals surface area contributed by atoms with Crippen molar-refractivity contribution in [2.24, 2.45) is 0 Å². The predicted molar refractivity (Wildman–Crippen MR) is 74.2 cm³/mol. The number of amides is 1. The molecule has 7 nitrogen and oxygen atoms in total. The molecule has 1 fully saturated rings. The van der Waals surface area contributed by atoms with Gasteiger partial charge in [0.1, 0.15) is 0 Å². The minimum Gasteiger partial charge on any atom is -0.481 e. The summed E-state index contributed by atoms with van der Waals surface area (Å²) in [7, 11) is -1.18. The predicted octanol–water partition coefficient (Wildman–Crippen LogP) is -0.218. The van der Waals surface area contributed by atoms with E-state index in [9.17, 15) is 14.6 Å². The molecule has 0 aliphatic carbocycles. The number of aromatic nitrogens is 1. The molecule has 0 bridgehead atoms. The Morgan fingerprint density at radius 1 is 1.48 bits per heavy atom. The van der Waals surface area contributed by atoms with Gasteiger partial charge in [-0.25, -0.2) is 0 Å². The summed E-state index contributed by atoms with van der Waals surface area (Å²) in [6, 6.07) is 3.54. The molecule has 1 aromatic rings. The Labute approximate surface area is 122 Å². The van der Waals surface area contributed by atoms with Crippen molar-refractivity contribution in [2.75, 3.05) is 0 Å². The van der Waals surface area contributed by atoms with E-state index in [0.29, 0.717) is 12.8 Å². The first-order valence-corrected chi connectivity index (χ1v) is 6.78. The fraction of sp³-hybridized carbons (Fsp3) is 0.462. The highest BCUT2D eigenvalue weighted by atomic mass is 16.5. The maximum atomic E-state index is 11.9. The zero-order valence-corrected chi connectivity index (χ0v) is 11.4. The van der Waals surface area contributed by atoms with Crippen LogP contribution in [0.4, 0.5) is 0 Å². The Morgan fingerprint density at radius 2 is 2.29 bits per heavy atom. The summed E-state index contributed by atoms with van der Waals surface area (Å²) in [6.45, 7) is 0. The number of carboxylic acids is 1. The Balaban J connectivity index is 1.81. The van der Waals surface area contributed by atoms with E-state index in [2.05, 4.69) is 10.3 Å². The molecule has 0 saturated carbocycles. The lowest BCUT2D eigenvalue weighted by Gasteiger charge is -2.30. The molecule has 2 rings (SSSR count). The van der Waals surface area contributed by atoms with Crippen LogP contribution < -0.4 is 5.32 Å². The van der Waals surface area contributed by atoms with Crippen LogP contribution in [0.15, 0.2) is 24.5 Å². The van der Waals surface area contributed by atoms with Crippen molar-refractivity contribution in [1.82, 2.24) is 10.3 Å². The topological polar surface area (TPSA) is 109 Å². The third kappa shape index (κ3) is 4.84. The highest BCUT2D eigenvalue weighted by molar-refractivity contribution is 6.45. The lowest BCUT2D eigenvalue weighted by atomic mass is 9.72. The maximum absolute atomic E-state index is 11.9. The molecule has 1 aromatic heterocycles. The molecule has 2 heterocycles. The van der Waals surface area contributed by atoms with Crippen LogP contribution >= 0.6 is 0 Å². The number of carbonyl (C=O) groups excluding carboxylic acids is 1. The lowest BCUT2D eigenvalue weighted by Crippen LogP contribution is -2.53. The van der Waals surface area contributed by atoms with E-state index in [1.165, 1.54) is 0 Å². The van der Waals surface area contributed by atoms with Crippen molar-refractivity contribution < 1.29 is 24.4 Å². The molecule has 1 saturated heterocycles. The number of aliphatic carboxylic acids is 1. The molecule has 2 atom stereocenters. The van der Waals surface area contributed by atoms with E-state index in [1.807, 2.05) is 0 Å². The second-order valence-electron chi connectivity index (χ2n) is 5.04. The van der Waals surface area contributed by atoms with Crippen LogP contribution in [0.1, 0.15) is 24.8 Å². The van der Waals surface area contributed by atoms with E-state index in [4.69, 9.17) is 9.76 Å². The fourth-order valence-corrected chi connectivity index (χ4v) is 2.30. The monoisotopic (exact) mass is 292 g/mol. The molecule has 8 heteroatoms. The fourth-order valence-electron chi connectivity index (χ4n) is 2.30. The molecule has 3 N–H and O–H groups in total. The molecule has 0 spiro atoms. The molecule has 0 aromatic carbocycles. The van der Waals surface area contributed by atoms with Gasteiger partial charge in [0, 0.05) is 12.4 Å². The molecule has 1 unspecified atom stereocenters.